The third kappa shape index (κ3) is 2.68. The fourth-order valence-corrected chi connectivity index (χ4v) is 4.56. The Hall–Kier alpha value is -2.10. The number of piperidine rings is 1. The van der Waals surface area contributed by atoms with Crippen LogP contribution in [0.5, 0.6) is 0 Å². The maximum Gasteiger partial charge on any atom is 0.272 e. The van der Waals surface area contributed by atoms with Gasteiger partial charge in [0.1, 0.15) is 5.69 Å². The highest BCUT2D eigenvalue weighted by Crippen LogP contribution is 2.46. The van der Waals surface area contributed by atoms with Crippen molar-refractivity contribution in [1.82, 2.24) is 14.7 Å². The second kappa shape index (κ2) is 6.01. The average molecular weight is 337 g/mol. The van der Waals surface area contributed by atoms with E-state index >= 15 is 0 Å². The number of carbonyl (C=O) groups excluding carboxylic acids is 1. The average Bonchev–Trinajstić information content (AvgIpc) is 3.17. The number of rotatable bonds is 2. The highest BCUT2D eigenvalue weighted by Gasteiger charge is 2.42. The molecule has 4 nitrogen and oxygen atoms in total. The van der Waals surface area contributed by atoms with Gasteiger partial charge in [-0.05, 0) is 54.2 Å². The van der Waals surface area contributed by atoms with Gasteiger partial charge in [-0.1, -0.05) is 38.1 Å². The van der Waals surface area contributed by atoms with Crippen LogP contribution in [0.4, 0.5) is 0 Å². The lowest BCUT2D eigenvalue weighted by atomic mass is 9.74. The minimum Gasteiger partial charge on any atom is -0.337 e. The molecule has 0 saturated carbocycles. The Balaban J connectivity index is 1.50. The molecule has 1 aromatic carbocycles. The summed E-state index contributed by atoms with van der Waals surface area (Å²) in [7, 11) is 1.87. The molecule has 132 valence electrons. The molecule has 25 heavy (non-hydrogen) atoms. The molecular formula is C21H27N3O. The molecule has 4 heteroatoms. The maximum atomic E-state index is 13.0. The molecule has 0 atom stereocenters. The van der Waals surface area contributed by atoms with Crippen LogP contribution in [-0.4, -0.2) is 33.7 Å². The third-order valence-electron chi connectivity index (χ3n) is 6.18. The van der Waals surface area contributed by atoms with Gasteiger partial charge in [-0.25, -0.2) is 0 Å². The molecule has 4 rings (SSSR count). The summed E-state index contributed by atoms with van der Waals surface area (Å²) in [6, 6.07) is 10.8. The predicted octanol–water partition coefficient (Wildman–Crippen LogP) is 3.66. The molecule has 2 aliphatic rings. The van der Waals surface area contributed by atoms with Crippen molar-refractivity contribution >= 4 is 5.91 Å². The maximum absolute atomic E-state index is 13.0. The van der Waals surface area contributed by atoms with Crippen LogP contribution in [0.25, 0.3) is 0 Å². The largest absolute Gasteiger partial charge is 0.337 e. The molecule has 2 aromatic rings. The second-order valence-corrected chi connectivity index (χ2v) is 7.96. The zero-order valence-electron chi connectivity index (χ0n) is 15.5. The molecule has 2 heterocycles. The smallest absolute Gasteiger partial charge is 0.272 e. The number of carbonyl (C=O) groups is 1. The lowest BCUT2D eigenvalue weighted by Gasteiger charge is -2.40. The normalized spacial score (nSPS) is 18.8. The molecule has 1 saturated heterocycles. The van der Waals surface area contributed by atoms with Crippen molar-refractivity contribution in [3.63, 3.8) is 0 Å². The van der Waals surface area contributed by atoms with Crippen LogP contribution in [0, 0.1) is 0 Å². The lowest BCUT2D eigenvalue weighted by Crippen LogP contribution is -2.44. The van der Waals surface area contributed by atoms with Gasteiger partial charge >= 0.3 is 0 Å². The monoisotopic (exact) mass is 337 g/mol. The molecule has 0 radical (unpaired) electrons. The van der Waals surface area contributed by atoms with E-state index in [2.05, 4.69) is 43.2 Å². The number of aryl methyl sites for hydroxylation is 2. The van der Waals surface area contributed by atoms with Crippen molar-refractivity contribution in [1.29, 1.82) is 0 Å². The van der Waals surface area contributed by atoms with Gasteiger partial charge in [0.15, 0.2) is 0 Å². The van der Waals surface area contributed by atoms with Crippen LogP contribution < -0.4 is 0 Å². The minimum absolute atomic E-state index is 0.128. The van der Waals surface area contributed by atoms with E-state index in [0.717, 1.165) is 31.6 Å². The molecule has 1 aliphatic heterocycles. The molecule has 0 unspecified atom stereocenters. The minimum atomic E-state index is 0.128. The van der Waals surface area contributed by atoms with Gasteiger partial charge in [-0.3, -0.25) is 9.48 Å². The number of benzene rings is 1. The Labute approximate surface area is 149 Å². The van der Waals surface area contributed by atoms with E-state index in [1.165, 1.54) is 24.0 Å². The summed E-state index contributed by atoms with van der Waals surface area (Å²) in [5.41, 5.74) is 5.04. The molecule has 1 spiro atoms. The SMILES string of the molecule is CC(C)c1cc(C(=O)N2CCC3(CCc4ccccc43)CC2)n(C)n1. The number of aromatic nitrogens is 2. The van der Waals surface area contributed by atoms with E-state index in [4.69, 9.17) is 0 Å². The van der Waals surface area contributed by atoms with E-state index in [-0.39, 0.29) is 5.91 Å². The Morgan fingerprint density at radius 1 is 1.16 bits per heavy atom. The molecule has 1 fully saturated rings. The molecule has 1 aliphatic carbocycles. The first-order chi connectivity index (χ1) is 12.0. The molecule has 1 aromatic heterocycles. The topological polar surface area (TPSA) is 38.1 Å². The van der Waals surface area contributed by atoms with Gasteiger partial charge in [0.25, 0.3) is 5.91 Å². The van der Waals surface area contributed by atoms with E-state index in [9.17, 15) is 4.79 Å². The fraction of sp³-hybridized carbons (Fsp3) is 0.524. The van der Waals surface area contributed by atoms with Gasteiger partial charge in [0, 0.05) is 20.1 Å². The predicted molar refractivity (Wildman–Crippen MR) is 98.9 cm³/mol. The van der Waals surface area contributed by atoms with Crippen LogP contribution in [0.1, 0.15) is 66.3 Å². The Morgan fingerprint density at radius 3 is 2.56 bits per heavy atom. The van der Waals surface area contributed by atoms with Gasteiger partial charge < -0.3 is 4.90 Å². The highest BCUT2D eigenvalue weighted by molar-refractivity contribution is 5.92. The van der Waals surface area contributed by atoms with Crippen molar-refractivity contribution in [3.8, 4) is 0 Å². The summed E-state index contributed by atoms with van der Waals surface area (Å²) >= 11 is 0. The summed E-state index contributed by atoms with van der Waals surface area (Å²) in [6.45, 7) is 5.91. The lowest BCUT2D eigenvalue weighted by molar-refractivity contribution is 0.0655. The zero-order chi connectivity index (χ0) is 17.6. The Morgan fingerprint density at radius 2 is 1.88 bits per heavy atom. The standard InChI is InChI=1S/C21H27N3O/c1-15(2)18-14-19(23(3)22-18)20(25)24-12-10-21(11-13-24)9-8-16-6-4-5-7-17(16)21/h4-7,14-15H,8-13H2,1-3H3. The number of likely N-dealkylation sites (tertiary alicyclic amines) is 1. The van der Waals surface area contributed by atoms with Gasteiger partial charge in [-0.15, -0.1) is 0 Å². The summed E-state index contributed by atoms with van der Waals surface area (Å²) in [5.74, 6) is 0.468. The number of nitrogens with zero attached hydrogens (tertiary/aromatic N) is 3. The Kier molecular flexibility index (Phi) is 3.94. The first-order valence-corrected chi connectivity index (χ1v) is 9.42. The molecule has 0 bridgehead atoms. The first-order valence-electron chi connectivity index (χ1n) is 9.42. The van der Waals surface area contributed by atoms with Gasteiger partial charge in [0.05, 0.1) is 5.69 Å². The van der Waals surface area contributed by atoms with Crippen LogP contribution in [0.15, 0.2) is 30.3 Å². The van der Waals surface area contributed by atoms with Crippen molar-refractivity contribution < 1.29 is 4.79 Å². The van der Waals surface area contributed by atoms with Crippen molar-refractivity contribution in [3.05, 3.63) is 52.8 Å². The number of fused-ring (bicyclic) bond motifs is 2. The fourth-order valence-electron chi connectivity index (χ4n) is 4.56. The van der Waals surface area contributed by atoms with Gasteiger partial charge in [-0.2, -0.15) is 5.10 Å². The highest BCUT2D eigenvalue weighted by atomic mass is 16.2. The molecule has 1 amide bonds. The van der Waals surface area contributed by atoms with Crippen molar-refractivity contribution in [2.75, 3.05) is 13.1 Å². The van der Waals surface area contributed by atoms with Crippen LogP contribution in [-0.2, 0) is 18.9 Å². The van der Waals surface area contributed by atoms with E-state index in [0.29, 0.717) is 17.0 Å². The number of amides is 1. The first kappa shape index (κ1) is 16.4. The number of hydrogen-bond acceptors (Lipinski definition) is 2. The second-order valence-electron chi connectivity index (χ2n) is 7.96. The van der Waals surface area contributed by atoms with E-state index in [1.54, 1.807) is 4.68 Å². The number of hydrogen-bond donors (Lipinski definition) is 0. The summed E-state index contributed by atoms with van der Waals surface area (Å²) in [6.07, 6.45) is 4.57. The third-order valence-corrected chi connectivity index (χ3v) is 6.18. The van der Waals surface area contributed by atoms with Crippen LogP contribution in [0.2, 0.25) is 0 Å². The summed E-state index contributed by atoms with van der Waals surface area (Å²) in [5, 5.41) is 4.50. The Bertz CT molecular complexity index is 797. The molecule has 0 N–H and O–H groups in total. The summed E-state index contributed by atoms with van der Waals surface area (Å²) in [4.78, 5) is 15.0. The quantitative estimate of drug-likeness (QED) is 0.839. The van der Waals surface area contributed by atoms with Gasteiger partial charge in [0.2, 0.25) is 0 Å². The molecular weight excluding hydrogens is 310 g/mol. The van der Waals surface area contributed by atoms with Crippen LogP contribution in [0.3, 0.4) is 0 Å². The van der Waals surface area contributed by atoms with Crippen molar-refractivity contribution in [2.45, 2.75) is 50.9 Å². The summed E-state index contributed by atoms with van der Waals surface area (Å²) < 4.78 is 1.74. The van der Waals surface area contributed by atoms with Crippen molar-refractivity contribution in [2.24, 2.45) is 7.05 Å². The van der Waals surface area contributed by atoms with E-state index in [1.807, 2.05) is 18.0 Å². The van der Waals surface area contributed by atoms with Crippen LogP contribution >= 0.6 is 0 Å². The van der Waals surface area contributed by atoms with E-state index < -0.39 is 0 Å². The zero-order valence-corrected chi connectivity index (χ0v) is 15.5.